The van der Waals surface area contributed by atoms with E-state index in [1.807, 2.05) is 18.2 Å². The largest absolute Gasteiger partial charge is 0.458 e. The third-order valence-electron chi connectivity index (χ3n) is 2.05. The van der Waals surface area contributed by atoms with Crippen LogP contribution in [0.2, 0.25) is 0 Å². The van der Waals surface area contributed by atoms with Crippen molar-refractivity contribution >= 4 is 26.9 Å². The summed E-state index contributed by atoms with van der Waals surface area (Å²) in [6.45, 7) is 0.168. The fourth-order valence-electron chi connectivity index (χ4n) is 1.32. The standard InChI is InChI=1S/C10H10BrNO2/c11-7-1-2-9-6(3-7)4-10(14-9)8(13)5-12/h1-4,8,13H,5,12H2. The van der Waals surface area contributed by atoms with Gasteiger partial charge in [0, 0.05) is 16.4 Å². The van der Waals surface area contributed by atoms with Gasteiger partial charge in [-0.2, -0.15) is 0 Å². The van der Waals surface area contributed by atoms with Gasteiger partial charge in [0.25, 0.3) is 0 Å². The molecule has 1 heterocycles. The molecule has 1 aromatic heterocycles. The summed E-state index contributed by atoms with van der Waals surface area (Å²) in [7, 11) is 0. The second-order valence-corrected chi connectivity index (χ2v) is 4.00. The van der Waals surface area contributed by atoms with Crippen LogP contribution in [0.15, 0.2) is 33.2 Å². The number of aliphatic hydroxyl groups is 1. The third-order valence-corrected chi connectivity index (χ3v) is 2.54. The van der Waals surface area contributed by atoms with E-state index in [0.717, 1.165) is 15.4 Å². The summed E-state index contributed by atoms with van der Waals surface area (Å²) >= 11 is 3.37. The molecule has 0 radical (unpaired) electrons. The van der Waals surface area contributed by atoms with Crippen molar-refractivity contribution in [2.24, 2.45) is 5.73 Å². The number of aliphatic hydroxyl groups excluding tert-OH is 1. The Morgan fingerprint density at radius 2 is 2.21 bits per heavy atom. The molecule has 0 saturated heterocycles. The Labute approximate surface area is 89.6 Å². The van der Waals surface area contributed by atoms with Crippen molar-refractivity contribution < 1.29 is 9.52 Å². The predicted molar refractivity (Wildman–Crippen MR) is 57.9 cm³/mol. The molecule has 0 aliphatic rings. The summed E-state index contributed by atoms with van der Waals surface area (Å²) in [4.78, 5) is 0. The van der Waals surface area contributed by atoms with Crippen LogP contribution in [0, 0.1) is 0 Å². The first-order valence-corrected chi connectivity index (χ1v) is 5.07. The molecular formula is C10H10BrNO2. The number of hydrogen-bond donors (Lipinski definition) is 2. The summed E-state index contributed by atoms with van der Waals surface area (Å²) in [5.74, 6) is 0.514. The maximum absolute atomic E-state index is 9.47. The molecule has 0 aliphatic heterocycles. The maximum atomic E-state index is 9.47. The van der Waals surface area contributed by atoms with Gasteiger partial charge < -0.3 is 15.3 Å². The predicted octanol–water partition coefficient (Wildman–Crippen LogP) is 2.19. The number of benzene rings is 1. The van der Waals surface area contributed by atoms with E-state index in [-0.39, 0.29) is 6.54 Å². The zero-order valence-corrected chi connectivity index (χ0v) is 8.99. The number of hydrogen-bond acceptors (Lipinski definition) is 3. The summed E-state index contributed by atoms with van der Waals surface area (Å²) in [5.41, 5.74) is 6.10. The fourth-order valence-corrected chi connectivity index (χ4v) is 1.69. The lowest BCUT2D eigenvalue weighted by molar-refractivity contribution is 0.160. The Hall–Kier alpha value is -0.840. The summed E-state index contributed by atoms with van der Waals surface area (Å²) in [6, 6.07) is 7.49. The highest BCUT2D eigenvalue weighted by Gasteiger charge is 2.11. The Morgan fingerprint density at radius 3 is 2.93 bits per heavy atom. The lowest BCUT2D eigenvalue weighted by atomic mass is 10.2. The van der Waals surface area contributed by atoms with Gasteiger partial charge in [-0.1, -0.05) is 15.9 Å². The zero-order valence-electron chi connectivity index (χ0n) is 7.40. The number of halogens is 1. The quantitative estimate of drug-likeness (QED) is 0.865. The molecule has 0 amide bonds. The van der Waals surface area contributed by atoms with Crippen LogP contribution in [-0.4, -0.2) is 11.7 Å². The lowest BCUT2D eigenvalue weighted by Crippen LogP contribution is -2.10. The monoisotopic (exact) mass is 255 g/mol. The molecule has 74 valence electrons. The normalized spacial score (nSPS) is 13.4. The summed E-state index contributed by atoms with van der Waals surface area (Å²) in [5, 5.41) is 10.4. The van der Waals surface area contributed by atoms with Crippen LogP contribution >= 0.6 is 15.9 Å². The average Bonchev–Trinajstić information content (AvgIpc) is 2.59. The summed E-state index contributed by atoms with van der Waals surface area (Å²) in [6.07, 6.45) is -0.721. The smallest absolute Gasteiger partial charge is 0.135 e. The first-order valence-electron chi connectivity index (χ1n) is 4.28. The lowest BCUT2D eigenvalue weighted by Gasteiger charge is -2.00. The second kappa shape index (κ2) is 3.73. The van der Waals surface area contributed by atoms with E-state index >= 15 is 0 Å². The molecule has 2 rings (SSSR count). The van der Waals surface area contributed by atoms with Gasteiger partial charge in [0.2, 0.25) is 0 Å². The van der Waals surface area contributed by atoms with Crippen LogP contribution in [0.1, 0.15) is 11.9 Å². The molecule has 1 aromatic carbocycles. The third kappa shape index (κ3) is 1.68. The van der Waals surface area contributed by atoms with Gasteiger partial charge in [0.1, 0.15) is 17.4 Å². The average molecular weight is 256 g/mol. The highest BCUT2D eigenvalue weighted by atomic mass is 79.9. The van der Waals surface area contributed by atoms with Gasteiger partial charge in [-0.15, -0.1) is 0 Å². The van der Waals surface area contributed by atoms with Crippen molar-refractivity contribution in [1.82, 2.24) is 0 Å². The number of rotatable bonds is 2. The minimum Gasteiger partial charge on any atom is -0.458 e. The van der Waals surface area contributed by atoms with Crippen LogP contribution in [0.4, 0.5) is 0 Å². The van der Waals surface area contributed by atoms with E-state index in [1.54, 1.807) is 6.07 Å². The van der Waals surface area contributed by atoms with Crippen LogP contribution in [0.3, 0.4) is 0 Å². The van der Waals surface area contributed by atoms with Crippen LogP contribution < -0.4 is 5.73 Å². The minimum atomic E-state index is -0.721. The Morgan fingerprint density at radius 1 is 1.43 bits per heavy atom. The number of fused-ring (bicyclic) bond motifs is 1. The van der Waals surface area contributed by atoms with E-state index in [9.17, 15) is 5.11 Å². The number of nitrogens with two attached hydrogens (primary N) is 1. The molecule has 0 spiro atoms. The highest BCUT2D eigenvalue weighted by molar-refractivity contribution is 9.10. The van der Waals surface area contributed by atoms with Crippen LogP contribution in [-0.2, 0) is 0 Å². The van der Waals surface area contributed by atoms with E-state index in [2.05, 4.69) is 15.9 Å². The molecule has 0 saturated carbocycles. The topological polar surface area (TPSA) is 59.4 Å². The first-order chi connectivity index (χ1) is 6.70. The van der Waals surface area contributed by atoms with Crippen molar-refractivity contribution in [1.29, 1.82) is 0 Å². The van der Waals surface area contributed by atoms with Crippen molar-refractivity contribution in [3.8, 4) is 0 Å². The fraction of sp³-hybridized carbons (Fsp3) is 0.200. The van der Waals surface area contributed by atoms with Gasteiger partial charge in [-0.05, 0) is 24.3 Å². The molecule has 1 atom stereocenters. The molecular weight excluding hydrogens is 246 g/mol. The second-order valence-electron chi connectivity index (χ2n) is 3.08. The maximum Gasteiger partial charge on any atom is 0.135 e. The summed E-state index contributed by atoms with van der Waals surface area (Å²) < 4.78 is 6.41. The molecule has 1 unspecified atom stereocenters. The Balaban J connectivity index is 2.51. The molecule has 0 fully saturated rings. The molecule has 0 bridgehead atoms. The van der Waals surface area contributed by atoms with Crippen molar-refractivity contribution in [2.75, 3.05) is 6.54 Å². The minimum absolute atomic E-state index is 0.168. The molecule has 2 aromatic rings. The molecule has 3 nitrogen and oxygen atoms in total. The van der Waals surface area contributed by atoms with E-state index < -0.39 is 6.10 Å². The van der Waals surface area contributed by atoms with Gasteiger partial charge in [-0.25, -0.2) is 0 Å². The van der Waals surface area contributed by atoms with Crippen LogP contribution in [0.5, 0.6) is 0 Å². The van der Waals surface area contributed by atoms with Gasteiger partial charge in [0.05, 0.1) is 0 Å². The first kappa shape index (κ1) is 9.71. The molecule has 3 N–H and O–H groups in total. The molecule has 0 aliphatic carbocycles. The van der Waals surface area contributed by atoms with Crippen LogP contribution in [0.25, 0.3) is 11.0 Å². The molecule has 14 heavy (non-hydrogen) atoms. The van der Waals surface area contributed by atoms with Crippen molar-refractivity contribution in [2.45, 2.75) is 6.10 Å². The van der Waals surface area contributed by atoms with E-state index in [0.29, 0.717) is 5.76 Å². The van der Waals surface area contributed by atoms with Gasteiger partial charge >= 0.3 is 0 Å². The van der Waals surface area contributed by atoms with Gasteiger partial charge in [0.15, 0.2) is 0 Å². The Kier molecular flexibility index (Phi) is 2.58. The van der Waals surface area contributed by atoms with E-state index in [4.69, 9.17) is 10.2 Å². The zero-order chi connectivity index (χ0) is 10.1. The Bertz CT molecular complexity index is 452. The highest BCUT2D eigenvalue weighted by Crippen LogP contribution is 2.26. The van der Waals surface area contributed by atoms with Gasteiger partial charge in [-0.3, -0.25) is 0 Å². The van der Waals surface area contributed by atoms with Crippen molar-refractivity contribution in [3.63, 3.8) is 0 Å². The van der Waals surface area contributed by atoms with E-state index in [1.165, 1.54) is 0 Å². The SMILES string of the molecule is NCC(O)c1cc2cc(Br)ccc2o1. The number of furan rings is 1. The molecule has 4 heteroatoms. The van der Waals surface area contributed by atoms with Crippen molar-refractivity contribution in [3.05, 3.63) is 34.5 Å².